The minimum absolute atomic E-state index is 0.00167. The highest BCUT2D eigenvalue weighted by Gasteiger charge is 2.33. The van der Waals surface area contributed by atoms with E-state index >= 15 is 0 Å². The Morgan fingerprint density at radius 1 is 1.16 bits per heavy atom. The minimum Gasteiger partial charge on any atom is -0.481 e. The highest BCUT2D eigenvalue weighted by Crippen LogP contribution is 2.24. The number of hydrogen-bond acceptors (Lipinski definition) is 2. The van der Waals surface area contributed by atoms with Gasteiger partial charge in [0, 0.05) is 11.5 Å². The molecule has 0 fully saturated rings. The van der Waals surface area contributed by atoms with Crippen LogP contribution in [0.15, 0.2) is 0 Å². The molecule has 1 unspecified atom stereocenters. The van der Waals surface area contributed by atoms with Crippen LogP contribution in [-0.4, -0.2) is 22.5 Å². The molecule has 0 spiro atoms. The summed E-state index contributed by atoms with van der Waals surface area (Å²) >= 11 is 0. The quantitative estimate of drug-likeness (QED) is 0.676. The van der Waals surface area contributed by atoms with E-state index in [4.69, 9.17) is 5.11 Å². The number of carboxylic acid groups (broad SMARTS) is 1. The van der Waals surface area contributed by atoms with Crippen LogP contribution in [-0.2, 0) is 9.59 Å². The monoisotopic (exact) mass is 271 g/mol. The molecule has 0 aromatic carbocycles. The Kier molecular flexibility index (Phi) is 7.72. The zero-order valence-corrected chi connectivity index (χ0v) is 13.0. The molecule has 0 aromatic rings. The molecule has 0 saturated heterocycles. The van der Waals surface area contributed by atoms with Crippen LogP contribution in [0.4, 0.5) is 0 Å². The van der Waals surface area contributed by atoms with Crippen LogP contribution in [0.1, 0.15) is 66.7 Å². The maximum absolute atomic E-state index is 12.4. The lowest BCUT2D eigenvalue weighted by Gasteiger charge is -2.34. The van der Waals surface area contributed by atoms with Gasteiger partial charge in [0.15, 0.2) is 0 Å². The van der Waals surface area contributed by atoms with E-state index in [-0.39, 0.29) is 24.2 Å². The number of rotatable bonds is 9. The molecule has 4 nitrogen and oxygen atoms in total. The minimum atomic E-state index is -0.861. The Morgan fingerprint density at radius 2 is 1.68 bits per heavy atom. The van der Waals surface area contributed by atoms with Gasteiger partial charge in [-0.25, -0.2) is 0 Å². The average molecular weight is 271 g/mol. The van der Waals surface area contributed by atoms with Crippen molar-refractivity contribution in [3.05, 3.63) is 0 Å². The Balaban J connectivity index is 4.91. The molecule has 1 amide bonds. The standard InChI is InChI=1S/C15H29NO3/c1-6-9-12(11(4)5)14(19)16-15(7-2,8-3)10-13(17)18/h11-12H,6-10H2,1-5H3,(H,16,19)(H,17,18). The zero-order valence-electron chi connectivity index (χ0n) is 13.0. The predicted octanol–water partition coefficient (Wildman–Crippen LogP) is 3.21. The Hall–Kier alpha value is -1.06. The van der Waals surface area contributed by atoms with Crippen LogP contribution >= 0.6 is 0 Å². The van der Waals surface area contributed by atoms with Gasteiger partial charge in [0.25, 0.3) is 0 Å². The van der Waals surface area contributed by atoms with Crippen LogP contribution < -0.4 is 5.32 Å². The summed E-state index contributed by atoms with van der Waals surface area (Å²) in [5, 5.41) is 12.0. The van der Waals surface area contributed by atoms with Crippen molar-refractivity contribution in [2.75, 3.05) is 0 Å². The Bertz CT molecular complexity index is 296. The lowest BCUT2D eigenvalue weighted by molar-refractivity contribution is -0.139. The molecule has 0 rings (SSSR count). The first-order valence-corrected chi connectivity index (χ1v) is 7.35. The fraction of sp³-hybridized carbons (Fsp3) is 0.867. The Morgan fingerprint density at radius 3 is 2.00 bits per heavy atom. The van der Waals surface area contributed by atoms with Crippen molar-refractivity contribution in [2.24, 2.45) is 11.8 Å². The molecule has 0 aromatic heterocycles. The summed E-state index contributed by atoms with van der Waals surface area (Å²) in [6, 6.07) is 0. The molecule has 2 N–H and O–H groups in total. The van der Waals surface area contributed by atoms with E-state index in [2.05, 4.69) is 12.2 Å². The van der Waals surface area contributed by atoms with Crippen molar-refractivity contribution in [1.29, 1.82) is 0 Å². The molecular weight excluding hydrogens is 242 g/mol. The van der Waals surface area contributed by atoms with E-state index in [1.165, 1.54) is 0 Å². The Labute approximate surface area is 117 Å². The largest absolute Gasteiger partial charge is 0.481 e. The summed E-state index contributed by atoms with van der Waals surface area (Å²) < 4.78 is 0. The molecule has 0 radical (unpaired) electrons. The summed E-state index contributed by atoms with van der Waals surface area (Å²) in [5.41, 5.74) is -0.607. The second kappa shape index (κ2) is 8.18. The van der Waals surface area contributed by atoms with Crippen LogP contribution in [0, 0.1) is 11.8 Å². The molecule has 0 aliphatic heterocycles. The van der Waals surface area contributed by atoms with E-state index in [0.717, 1.165) is 12.8 Å². The van der Waals surface area contributed by atoms with Gasteiger partial charge >= 0.3 is 5.97 Å². The van der Waals surface area contributed by atoms with Gasteiger partial charge in [-0.15, -0.1) is 0 Å². The molecular formula is C15H29NO3. The molecule has 112 valence electrons. The summed E-state index contributed by atoms with van der Waals surface area (Å²) in [4.78, 5) is 23.4. The number of amides is 1. The number of carbonyl (C=O) groups is 2. The van der Waals surface area contributed by atoms with Crippen molar-refractivity contribution in [1.82, 2.24) is 5.32 Å². The van der Waals surface area contributed by atoms with Gasteiger partial charge in [-0.05, 0) is 25.2 Å². The SMILES string of the molecule is CCCC(C(=O)NC(CC)(CC)CC(=O)O)C(C)C. The molecule has 4 heteroatoms. The second-order valence-corrected chi connectivity index (χ2v) is 5.69. The van der Waals surface area contributed by atoms with Gasteiger partial charge in [-0.1, -0.05) is 41.0 Å². The van der Waals surface area contributed by atoms with Crippen molar-refractivity contribution < 1.29 is 14.7 Å². The predicted molar refractivity (Wildman–Crippen MR) is 76.9 cm³/mol. The van der Waals surface area contributed by atoms with E-state index in [9.17, 15) is 9.59 Å². The number of carboxylic acids is 1. The van der Waals surface area contributed by atoms with E-state index < -0.39 is 11.5 Å². The van der Waals surface area contributed by atoms with Crippen LogP contribution in [0.25, 0.3) is 0 Å². The third-order valence-corrected chi connectivity index (χ3v) is 3.97. The molecule has 1 atom stereocenters. The molecule has 0 saturated carbocycles. The number of carbonyl (C=O) groups excluding carboxylic acids is 1. The zero-order chi connectivity index (χ0) is 15.1. The van der Waals surface area contributed by atoms with E-state index in [0.29, 0.717) is 12.8 Å². The summed E-state index contributed by atoms with van der Waals surface area (Å²) in [6.07, 6.45) is 3.07. The van der Waals surface area contributed by atoms with Gasteiger partial charge < -0.3 is 10.4 Å². The van der Waals surface area contributed by atoms with Crippen molar-refractivity contribution in [3.63, 3.8) is 0 Å². The van der Waals surface area contributed by atoms with Crippen molar-refractivity contribution in [3.8, 4) is 0 Å². The molecule has 0 bridgehead atoms. The summed E-state index contributed by atoms with van der Waals surface area (Å²) in [5.74, 6) is -0.616. The number of nitrogens with one attached hydrogen (secondary N) is 1. The van der Waals surface area contributed by atoms with Gasteiger partial charge in [-0.2, -0.15) is 0 Å². The first kappa shape index (κ1) is 17.9. The molecule has 19 heavy (non-hydrogen) atoms. The number of hydrogen-bond donors (Lipinski definition) is 2. The lowest BCUT2D eigenvalue weighted by Crippen LogP contribution is -2.51. The van der Waals surface area contributed by atoms with Crippen molar-refractivity contribution in [2.45, 2.75) is 72.3 Å². The van der Waals surface area contributed by atoms with Crippen molar-refractivity contribution >= 4 is 11.9 Å². The third-order valence-electron chi connectivity index (χ3n) is 3.97. The molecule has 0 heterocycles. The topological polar surface area (TPSA) is 66.4 Å². The summed E-state index contributed by atoms with van der Waals surface area (Å²) in [7, 11) is 0. The smallest absolute Gasteiger partial charge is 0.305 e. The highest BCUT2D eigenvalue weighted by atomic mass is 16.4. The first-order valence-electron chi connectivity index (χ1n) is 7.35. The molecule has 0 aliphatic rings. The number of aliphatic carboxylic acids is 1. The normalized spacial score (nSPS) is 13.4. The maximum Gasteiger partial charge on any atom is 0.305 e. The fourth-order valence-corrected chi connectivity index (χ4v) is 2.44. The van der Waals surface area contributed by atoms with Gasteiger partial charge in [0.1, 0.15) is 0 Å². The van der Waals surface area contributed by atoms with Crippen LogP contribution in [0.3, 0.4) is 0 Å². The lowest BCUT2D eigenvalue weighted by atomic mass is 9.85. The molecule has 0 aliphatic carbocycles. The third kappa shape index (κ3) is 5.62. The highest BCUT2D eigenvalue weighted by molar-refractivity contribution is 5.80. The average Bonchev–Trinajstić information content (AvgIpc) is 2.33. The van der Waals surface area contributed by atoms with E-state index in [1.807, 2.05) is 27.7 Å². The van der Waals surface area contributed by atoms with Gasteiger partial charge in [-0.3, -0.25) is 9.59 Å². The van der Waals surface area contributed by atoms with Gasteiger partial charge in [0.05, 0.1) is 6.42 Å². The summed E-state index contributed by atoms with van der Waals surface area (Å²) in [6.45, 7) is 9.99. The van der Waals surface area contributed by atoms with Crippen LogP contribution in [0.2, 0.25) is 0 Å². The van der Waals surface area contributed by atoms with Gasteiger partial charge in [0.2, 0.25) is 5.91 Å². The van der Waals surface area contributed by atoms with Crippen LogP contribution in [0.5, 0.6) is 0 Å². The first-order chi connectivity index (χ1) is 8.81. The van der Waals surface area contributed by atoms with E-state index in [1.54, 1.807) is 0 Å². The fourth-order valence-electron chi connectivity index (χ4n) is 2.44. The second-order valence-electron chi connectivity index (χ2n) is 5.69. The maximum atomic E-state index is 12.4.